The molecule has 1 atom stereocenters. The maximum atomic E-state index is 3.46. The Kier molecular flexibility index (Phi) is 1.82. The average Bonchev–Trinajstić information content (AvgIpc) is 2.07. The lowest BCUT2D eigenvalue weighted by molar-refractivity contribution is 0.279. The summed E-state index contributed by atoms with van der Waals surface area (Å²) in [5.41, 5.74) is 0.479. The van der Waals surface area contributed by atoms with Crippen LogP contribution in [0.4, 0.5) is 0 Å². The highest BCUT2D eigenvalue weighted by Crippen LogP contribution is 2.33. The zero-order valence-electron chi connectivity index (χ0n) is 6.84. The minimum atomic E-state index is 0.479. The summed E-state index contributed by atoms with van der Waals surface area (Å²) in [6.45, 7) is 2.38. The Labute approximate surface area is 68.2 Å². The molecular weight excluding hydrogens is 134 g/mol. The predicted octanol–water partition coefficient (Wildman–Crippen LogP) is 1.87. The molecule has 0 aromatic carbocycles. The molecule has 2 aliphatic rings. The molecule has 11 heavy (non-hydrogen) atoms. The van der Waals surface area contributed by atoms with E-state index in [2.05, 4.69) is 29.6 Å². The first-order chi connectivity index (χ1) is 5.41. The third kappa shape index (κ3) is 1.38. The largest absolute Gasteiger partial charge is 0.316 e. The van der Waals surface area contributed by atoms with Crippen molar-refractivity contribution in [1.82, 2.24) is 5.32 Å². The molecule has 1 aliphatic heterocycles. The molecule has 1 heterocycles. The fourth-order valence-corrected chi connectivity index (χ4v) is 2.02. The Balaban J connectivity index is 2.08. The summed E-state index contributed by atoms with van der Waals surface area (Å²) in [4.78, 5) is 0. The molecule has 1 aliphatic carbocycles. The van der Waals surface area contributed by atoms with Crippen molar-refractivity contribution in [3.63, 3.8) is 0 Å². The van der Waals surface area contributed by atoms with Crippen molar-refractivity contribution in [3.05, 3.63) is 24.3 Å². The van der Waals surface area contributed by atoms with Crippen LogP contribution < -0.4 is 5.32 Å². The van der Waals surface area contributed by atoms with Crippen LogP contribution in [0.5, 0.6) is 0 Å². The Morgan fingerprint density at radius 1 is 1.27 bits per heavy atom. The van der Waals surface area contributed by atoms with Crippen molar-refractivity contribution >= 4 is 0 Å². The van der Waals surface area contributed by atoms with Crippen molar-refractivity contribution < 1.29 is 0 Å². The van der Waals surface area contributed by atoms with Gasteiger partial charge in [0, 0.05) is 12.0 Å². The highest BCUT2D eigenvalue weighted by Gasteiger charge is 2.28. The van der Waals surface area contributed by atoms with Crippen LogP contribution in [-0.2, 0) is 0 Å². The molecule has 1 heteroatoms. The van der Waals surface area contributed by atoms with E-state index in [0.717, 1.165) is 0 Å². The molecule has 0 radical (unpaired) electrons. The lowest BCUT2D eigenvalue weighted by Crippen LogP contribution is -2.38. The first kappa shape index (κ1) is 7.11. The van der Waals surface area contributed by atoms with Gasteiger partial charge in [-0.1, -0.05) is 24.3 Å². The number of nitrogens with one attached hydrogen (secondary N) is 1. The molecule has 0 amide bonds. The summed E-state index contributed by atoms with van der Waals surface area (Å²) in [6.07, 6.45) is 12.9. The van der Waals surface area contributed by atoms with E-state index in [1.807, 2.05) is 0 Å². The summed E-state index contributed by atoms with van der Waals surface area (Å²) in [6, 6.07) is 0. The highest BCUT2D eigenvalue weighted by molar-refractivity contribution is 5.17. The Morgan fingerprint density at radius 3 is 2.91 bits per heavy atom. The smallest absolute Gasteiger partial charge is 0.00456 e. The zero-order chi connectivity index (χ0) is 7.57. The van der Waals surface area contributed by atoms with Crippen molar-refractivity contribution in [2.24, 2.45) is 5.41 Å². The van der Waals surface area contributed by atoms with Crippen molar-refractivity contribution in [2.45, 2.75) is 19.3 Å². The van der Waals surface area contributed by atoms with Crippen molar-refractivity contribution in [2.75, 3.05) is 13.1 Å². The molecular formula is C10H15N. The fraction of sp³-hybridized carbons (Fsp3) is 0.600. The van der Waals surface area contributed by atoms with E-state index in [1.54, 1.807) is 0 Å². The summed E-state index contributed by atoms with van der Waals surface area (Å²) in [5.74, 6) is 0. The van der Waals surface area contributed by atoms with Gasteiger partial charge in [-0.3, -0.25) is 0 Å². The minimum absolute atomic E-state index is 0.479. The predicted molar refractivity (Wildman–Crippen MR) is 47.4 cm³/mol. The minimum Gasteiger partial charge on any atom is -0.316 e. The number of piperidine rings is 1. The Hall–Kier alpha value is -0.560. The summed E-state index contributed by atoms with van der Waals surface area (Å²) in [7, 11) is 0. The molecule has 60 valence electrons. The van der Waals surface area contributed by atoms with Crippen LogP contribution in [0.15, 0.2) is 24.3 Å². The standard InChI is InChI=1S/C10H15N/c1-2-5-10(6-3-1)7-4-8-11-9-10/h1-3,5,11H,4,6-9H2. The van der Waals surface area contributed by atoms with E-state index in [4.69, 9.17) is 0 Å². The monoisotopic (exact) mass is 149 g/mol. The molecule has 1 N–H and O–H groups in total. The number of allylic oxidation sites excluding steroid dienone is 3. The van der Waals surface area contributed by atoms with Gasteiger partial charge < -0.3 is 5.32 Å². The van der Waals surface area contributed by atoms with Gasteiger partial charge in [0.1, 0.15) is 0 Å². The van der Waals surface area contributed by atoms with Crippen LogP contribution in [0.3, 0.4) is 0 Å². The molecule has 1 nitrogen and oxygen atoms in total. The third-order valence-corrected chi connectivity index (χ3v) is 2.73. The number of hydrogen-bond donors (Lipinski definition) is 1. The first-order valence-electron chi connectivity index (χ1n) is 4.46. The van der Waals surface area contributed by atoms with Gasteiger partial charge in [0.15, 0.2) is 0 Å². The van der Waals surface area contributed by atoms with Crippen LogP contribution in [-0.4, -0.2) is 13.1 Å². The normalized spacial score (nSPS) is 36.4. The van der Waals surface area contributed by atoms with E-state index in [9.17, 15) is 0 Å². The first-order valence-corrected chi connectivity index (χ1v) is 4.46. The molecule has 0 aromatic rings. The van der Waals surface area contributed by atoms with E-state index >= 15 is 0 Å². The molecule has 1 unspecified atom stereocenters. The fourth-order valence-electron chi connectivity index (χ4n) is 2.02. The van der Waals surface area contributed by atoms with E-state index < -0.39 is 0 Å². The highest BCUT2D eigenvalue weighted by atomic mass is 14.9. The second-order valence-corrected chi connectivity index (χ2v) is 3.63. The van der Waals surface area contributed by atoms with E-state index in [1.165, 1.54) is 32.4 Å². The number of rotatable bonds is 0. The maximum absolute atomic E-state index is 3.46. The second kappa shape index (κ2) is 2.82. The molecule has 0 bridgehead atoms. The number of hydrogen-bond acceptors (Lipinski definition) is 1. The van der Waals surface area contributed by atoms with Gasteiger partial charge in [-0.25, -0.2) is 0 Å². The molecule has 0 aromatic heterocycles. The van der Waals surface area contributed by atoms with Crippen LogP contribution in [0, 0.1) is 5.41 Å². The van der Waals surface area contributed by atoms with E-state index in [-0.39, 0.29) is 0 Å². The van der Waals surface area contributed by atoms with Gasteiger partial charge >= 0.3 is 0 Å². The quantitative estimate of drug-likeness (QED) is 0.554. The summed E-state index contributed by atoms with van der Waals surface area (Å²) < 4.78 is 0. The Bertz CT molecular complexity index is 185. The molecule has 0 saturated carbocycles. The topological polar surface area (TPSA) is 12.0 Å². The van der Waals surface area contributed by atoms with Crippen LogP contribution in [0.1, 0.15) is 19.3 Å². The van der Waals surface area contributed by atoms with Gasteiger partial charge in [0.05, 0.1) is 0 Å². The zero-order valence-corrected chi connectivity index (χ0v) is 6.84. The van der Waals surface area contributed by atoms with Gasteiger partial charge in [0.25, 0.3) is 0 Å². The van der Waals surface area contributed by atoms with Crippen LogP contribution >= 0.6 is 0 Å². The third-order valence-electron chi connectivity index (χ3n) is 2.73. The SMILES string of the molecule is C1=CCC2(C=C1)CCCNC2. The van der Waals surface area contributed by atoms with Gasteiger partial charge in [-0.05, 0) is 25.8 Å². The summed E-state index contributed by atoms with van der Waals surface area (Å²) >= 11 is 0. The van der Waals surface area contributed by atoms with Crippen molar-refractivity contribution in [1.29, 1.82) is 0 Å². The Morgan fingerprint density at radius 2 is 2.27 bits per heavy atom. The molecule has 1 saturated heterocycles. The van der Waals surface area contributed by atoms with Crippen molar-refractivity contribution in [3.8, 4) is 0 Å². The van der Waals surface area contributed by atoms with Gasteiger partial charge in [0.2, 0.25) is 0 Å². The lowest BCUT2D eigenvalue weighted by atomic mass is 9.76. The second-order valence-electron chi connectivity index (χ2n) is 3.63. The average molecular weight is 149 g/mol. The lowest BCUT2D eigenvalue weighted by Gasteiger charge is -2.35. The van der Waals surface area contributed by atoms with Gasteiger partial charge in [-0.15, -0.1) is 0 Å². The summed E-state index contributed by atoms with van der Waals surface area (Å²) in [5, 5.41) is 3.46. The maximum Gasteiger partial charge on any atom is 0.00456 e. The van der Waals surface area contributed by atoms with E-state index in [0.29, 0.717) is 5.41 Å². The van der Waals surface area contributed by atoms with Crippen LogP contribution in [0.2, 0.25) is 0 Å². The molecule has 1 spiro atoms. The van der Waals surface area contributed by atoms with Gasteiger partial charge in [-0.2, -0.15) is 0 Å². The molecule has 1 fully saturated rings. The molecule has 2 rings (SSSR count). The van der Waals surface area contributed by atoms with Crippen LogP contribution in [0.25, 0.3) is 0 Å².